The van der Waals surface area contributed by atoms with Crippen LogP contribution in [-0.2, 0) is 13.0 Å². The van der Waals surface area contributed by atoms with Gasteiger partial charge in [0.2, 0.25) is 5.89 Å². The summed E-state index contributed by atoms with van der Waals surface area (Å²) in [5, 5.41) is 13.4. The first-order chi connectivity index (χ1) is 9.69. The van der Waals surface area contributed by atoms with Gasteiger partial charge in [0.15, 0.2) is 11.4 Å². The Morgan fingerprint density at radius 2 is 1.95 bits per heavy atom. The Morgan fingerprint density at radius 3 is 2.48 bits per heavy atom. The molecule has 1 aliphatic rings. The van der Waals surface area contributed by atoms with Crippen LogP contribution in [-0.4, -0.2) is 45.0 Å². The lowest BCUT2D eigenvalue weighted by Crippen LogP contribution is -2.53. The van der Waals surface area contributed by atoms with E-state index in [4.69, 9.17) is 4.52 Å². The van der Waals surface area contributed by atoms with Gasteiger partial charge in [0.1, 0.15) is 0 Å². The number of hydrogen-bond donors (Lipinski definition) is 1. The molecule has 0 saturated carbocycles. The standard InChI is InChI=1S/C13H20F3N3O2/c1-9(2)7-10-17-11(21-18-10)8-19-5-3-12(20,4-6-19)13(14,15)16/h9,20H,3-8H2,1-2H3. The van der Waals surface area contributed by atoms with Gasteiger partial charge in [-0.3, -0.25) is 4.90 Å². The molecule has 0 unspecified atom stereocenters. The highest BCUT2D eigenvalue weighted by Crippen LogP contribution is 2.38. The topological polar surface area (TPSA) is 62.4 Å². The zero-order chi connectivity index (χ0) is 15.7. The van der Waals surface area contributed by atoms with Gasteiger partial charge in [-0.25, -0.2) is 0 Å². The molecule has 5 nitrogen and oxygen atoms in total. The fourth-order valence-electron chi connectivity index (χ4n) is 2.36. The van der Waals surface area contributed by atoms with Crippen molar-refractivity contribution in [1.82, 2.24) is 15.0 Å². The van der Waals surface area contributed by atoms with Crippen molar-refractivity contribution in [2.75, 3.05) is 13.1 Å². The number of halogens is 3. The minimum absolute atomic E-state index is 0.151. The number of aromatic nitrogens is 2. The first-order valence-electron chi connectivity index (χ1n) is 7.02. The molecule has 0 radical (unpaired) electrons. The second-order valence-corrected chi connectivity index (χ2v) is 6.01. The molecule has 2 heterocycles. The number of likely N-dealkylation sites (tertiary alicyclic amines) is 1. The third-order valence-electron chi connectivity index (χ3n) is 3.67. The lowest BCUT2D eigenvalue weighted by Gasteiger charge is -2.38. The quantitative estimate of drug-likeness (QED) is 0.923. The first-order valence-corrected chi connectivity index (χ1v) is 7.02. The zero-order valence-corrected chi connectivity index (χ0v) is 12.2. The summed E-state index contributed by atoms with van der Waals surface area (Å²) in [5.41, 5.74) is -2.57. The molecule has 120 valence electrons. The van der Waals surface area contributed by atoms with Crippen LogP contribution < -0.4 is 0 Å². The van der Waals surface area contributed by atoms with E-state index < -0.39 is 11.8 Å². The molecule has 0 amide bonds. The average molecular weight is 307 g/mol. The van der Waals surface area contributed by atoms with E-state index in [1.54, 1.807) is 4.90 Å². The molecule has 2 rings (SSSR count). The maximum atomic E-state index is 12.7. The van der Waals surface area contributed by atoms with E-state index in [0.717, 1.165) is 0 Å². The van der Waals surface area contributed by atoms with Crippen LogP contribution in [0.4, 0.5) is 13.2 Å². The SMILES string of the molecule is CC(C)Cc1noc(CN2CCC(O)(C(F)(F)F)CC2)n1. The van der Waals surface area contributed by atoms with Crippen LogP contribution in [0.2, 0.25) is 0 Å². The molecule has 1 N–H and O–H groups in total. The largest absolute Gasteiger partial charge is 0.417 e. The summed E-state index contributed by atoms with van der Waals surface area (Å²) in [4.78, 5) is 6.01. The van der Waals surface area contributed by atoms with E-state index >= 15 is 0 Å². The lowest BCUT2D eigenvalue weighted by molar-refractivity contribution is -0.273. The van der Waals surface area contributed by atoms with Crippen LogP contribution in [0.3, 0.4) is 0 Å². The summed E-state index contributed by atoms with van der Waals surface area (Å²) in [6.45, 7) is 4.70. The van der Waals surface area contributed by atoms with Gasteiger partial charge in [0.05, 0.1) is 6.54 Å². The van der Waals surface area contributed by atoms with Crippen LogP contribution in [0.5, 0.6) is 0 Å². The molecular weight excluding hydrogens is 287 g/mol. The van der Waals surface area contributed by atoms with E-state index in [-0.39, 0.29) is 25.9 Å². The van der Waals surface area contributed by atoms with Crippen LogP contribution >= 0.6 is 0 Å². The monoisotopic (exact) mass is 307 g/mol. The lowest BCUT2D eigenvalue weighted by atomic mass is 9.91. The average Bonchev–Trinajstić information content (AvgIpc) is 2.77. The first kappa shape index (κ1) is 16.2. The highest BCUT2D eigenvalue weighted by Gasteiger charge is 2.54. The molecule has 0 bridgehead atoms. The van der Waals surface area contributed by atoms with Gasteiger partial charge in [-0.1, -0.05) is 19.0 Å². The number of hydrogen-bond acceptors (Lipinski definition) is 5. The maximum absolute atomic E-state index is 12.7. The summed E-state index contributed by atoms with van der Waals surface area (Å²) < 4.78 is 43.2. The van der Waals surface area contributed by atoms with Crippen LogP contribution in [0.25, 0.3) is 0 Å². The number of alkyl halides is 3. The summed E-state index contributed by atoms with van der Waals surface area (Å²) in [5.74, 6) is 1.43. The highest BCUT2D eigenvalue weighted by molar-refractivity contribution is 4.94. The molecule has 1 aromatic rings. The fraction of sp³-hybridized carbons (Fsp3) is 0.846. The Labute approximate surface area is 121 Å². The van der Waals surface area contributed by atoms with Crippen LogP contribution in [0.1, 0.15) is 38.4 Å². The Hall–Kier alpha value is -1.15. The van der Waals surface area contributed by atoms with E-state index in [1.807, 2.05) is 13.8 Å². The molecule has 8 heteroatoms. The van der Waals surface area contributed by atoms with E-state index in [1.165, 1.54) is 0 Å². The van der Waals surface area contributed by atoms with Gasteiger partial charge in [-0.05, 0) is 18.8 Å². The zero-order valence-electron chi connectivity index (χ0n) is 12.2. The second kappa shape index (κ2) is 5.92. The molecule has 0 aromatic carbocycles. The Morgan fingerprint density at radius 1 is 1.33 bits per heavy atom. The smallest absolute Gasteiger partial charge is 0.380 e. The molecule has 0 aliphatic carbocycles. The van der Waals surface area contributed by atoms with Crippen molar-refractivity contribution in [3.8, 4) is 0 Å². The van der Waals surface area contributed by atoms with Crippen molar-refractivity contribution in [3.63, 3.8) is 0 Å². The minimum atomic E-state index is -4.58. The second-order valence-electron chi connectivity index (χ2n) is 6.01. The van der Waals surface area contributed by atoms with Gasteiger partial charge < -0.3 is 9.63 Å². The van der Waals surface area contributed by atoms with Crippen molar-refractivity contribution in [2.45, 2.75) is 51.4 Å². The van der Waals surface area contributed by atoms with Crippen molar-refractivity contribution < 1.29 is 22.8 Å². The van der Waals surface area contributed by atoms with Crippen molar-refractivity contribution in [2.24, 2.45) is 5.92 Å². The van der Waals surface area contributed by atoms with E-state index in [9.17, 15) is 18.3 Å². The van der Waals surface area contributed by atoms with Crippen LogP contribution in [0.15, 0.2) is 4.52 Å². The number of rotatable bonds is 4. The highest BCUT2D eigenvalue weighted by atomic mass is 19.4. The molecule has 1 aromatic heterocycles. The third kappa shape index (κ3) is 3.94. The summed E-state index contributed by atoms with van der Waals surface area (Å²) in [7, 11) is 0. The minimum Gasteiger partial charge on any atom is -0.380 e. The molecule has 1 fully saturated rings. The van der Waals surface area contributed by atoms with Gasteiger partial charge in [-0.2, -0.15) is 18.2 Å². The maximum Gasteiger partial charge on any atom is 0.417 e. The summed E-state index contributed by atoms with van der Waals surface area (Å²) >= 11 is 0. The molecule has 1 saturated heterocycles. The Balaban J connectivity index is 1.88. The number of nitrogens with zero attached hydrogens (tertiary/aromatic N) is 3. The summed E-state index contributed by atoms with van der Waals surface area (Å²) in [6.07, 6.45) is -4.53. The number of aliphatic hydroxyl groups is 1. The molecule has 0 spiro atoms. The van der Waals surface area contributed by atoms with Gasteiger partial charge in [-0.15, -0.1) is 0 Å². The molecule has 0 atom stereocenters. The predicted molar refractivity (Wildman–Crippen MR) is 68.4 cm³/mol. The molecular formula is C13H20F3N3O2. The number of piperidine rings is 1. The third-order valence-corrected chi connectivity index (χ3v) is 3.67. The predicted octanol–water partition coefficient (Wildman–Crippen LogP) is 2.16. The van der Waals surface area contributed by atoms with Crippen molar-refractivity contribution in [3.05, 3.63) is 11.7 Å². The van der Waals surface area contributed by atoms with Gasteiger partial charge in [0, 0.05) is 19.5 Å². The van der Waals surface area contributed by atoms with Gasteiger partial charge in [0.25, 0.3) is 0 Å². The van der Waals surface area contributed by atoms with Gasteiger partial charge >= 0.3 is 6.18 Å². The van der Waals surface area contributed by atoms with Crippen LogP contribution in [0, 0.1) is 5.92 Å². The Kier molecular flexibility index (Phi) is 4.57. The van der Waals surface area contributed by atoms with Crippen molar-refractivity contribution >= 4 is 0 Å². The fourth-order valence-corrected chi connectivity index (χ4v) is 2.36. The molecule has 21 heavy (non-hydrogen) atoms. The van der Waals surface area contributed by atoms with Crippen molar-refractivity contribution in [1.29, 1.82) is 0 Å². The summed E-state index contributed by atoms with van der Waals surface area (Å²) in [6, 6.07) is 0. The van der Waals surface area contributed by atoms with E-state index in [2.05, 4.69) is 10.1 Å². The van der Waals surface area contributed by atoms with E-state index in [0.29, 0.717) is 30.6 Å². The Bertz CT molecular complexity index is 465. The normalized spacial score (nSPS) is 20.1. The molecule has 1 aliphatic heterocycles.